The molecule has 0 unspecified atom stereocenters. The van der Waals surface area contributed by atoms with Crippen LogP contribution in [0, 0.1) is 5.82 Å². The number of carbonyl (C=O) groups excluding carboxylic acids is 2. The summed E-state index contributed by atoms with van der Waals surface area (Å²) >= 11 is 5.79. The number of hydrogen-bond donors (Lipinski definition) is 1. The summed E-state index contributed by atoms with van der Waals surface area (Å²) < 4.78 is 16.0. The van der Waals surface area contributed by atoms with Gasteiger partial charge in [0.1, 0.15) is 11.5 Å². The molecule has 31 heavy (non-hydrogen) atoms. The molecule has 2 aromatic carbocycles. The molecule has 156 valence electrons. The lowest BCUT2D eigenvalue weighted by Gasteiger charge is -2.18. The van der Waals surface area contributed by atoms with E-state index in [9.17, 15) is 14.0 Å². The molecule has 0 spiro atoms. The Labute approximate surface area is 182 Å². The van der Waals surface area contributed by atoms with Crippen molar-refractivity contribution in [2.75, 3.05) is 17.3 Å². The van der Waals surface area contributed by atoms with Gasteiger partial charge in [-0.25, -0.2) is 14.4 Å². The SMILES string of the molecule is CC(=O)Nc1ccc(-c2cnc3cnc(C(=O)N(C)c4ccc(Cl)cc4F)cn23)cc1. The molecule has 0 bridgehead atoms. The molecule has 0 aliphatic carbocycles. The van der Waals surface area contributed by atoms with Crippen LogP contribution in [-0.2, 0) is 4.79 Å². The first kappa shape index (κ1) is 20.5. The molecule has 0 aliphatic rings. The summed E-state index contributed by atoms with van der Waals surface area (Å²) in [6.45, 7) is 1.44. The van der Waals surface area contributed by atoms with Crippen molar-refractivity contribution in [2.24, 2.45) is 0 Å². The van der Waals surface area contributed by atoms with Gasteiger partial charge >= 0.3 is 0 Å². The van der Waals surface area contributed by atoms with Crippen molar-refractivity contribution in [3.05, 3.63) is 77.6 Å². The van der Waals surface area contributed by atoms with Crippen molar-refractivity contribution in [1.82, 2.24) is 14.4 Å². The molecule has 0 fully saturated rings. The van der Waals surface area contributed by atoms with E-state index in [4.69, 9.17) is 11.6 Å². The monoisotopic (exact) mass is 437 g/mol. The first-order valence-electron chi connectivity index (χ1n) is 9.28. The Morgan fingerprint density at radius 2 is 1.84 bits per heavy atom. The van der Waals surface area contributed by atoms with Crippen LogP contribution >= 0.6 is 11.6 Å². The van der Waals surface area contributed by atoms with Gasteiger partial charge in [-0.2, -0.15) is 0 Å². The highest BCUT2D eigenvalue weighted by molar-refractivity contribution is 6.30. The highest BCUT2D eigenvalue weighted by atomic mass is 35.5. The van der Waals surface area contributed by atoms with Gasteiger partial charge < -0.3 is 10.2 Å². The zero-order chi connectivity index (χ0) is 22.1. The first-order valence-corrected chi connectivity index (χ1v) is 9.65. The molecular formula is C22H17ClFN5O2. The molecule has 1 N–H and O–H groups in total. The van der Waals surface area contributed by atoms with Crippen molar-refractivity contribution in [3.63, 3.8) is 0 Å². The predicted octanol–water partition coefficient (Wildman–Crippen LogP) is 4.42. The van der Waals surface area contributed by atoms with Gasteiger partial charge in [-0.15, -0.1) is 0 Å². The first-order chi connectivity index (χ1) is 14.8. The third-order valence-electron chi connectivity index (χ3n) is 4.69. The number of fused-ring (bicyclic) bond motifs is 1. The average molecular weight is 438 g/mol. The zero-order valence-corrected chi connectivity index (χ0v) is 17.4. The summed E-state index contributed by atoms with van der Waals surface area (Å²) in [6.07, 6.45) is 4.71. The van der Waals surface area contributed by atoms with Gasteiger partial charge in [0.25, 0.3) is 5.91 Å². The summed E-state index contributed by atoms with van der Waals surface area (Å²) in [4.78, 5) is 33.8. The van der Waals surface area contributed by atoms with Crippen molar-refractivity contribution >= 4 is 40.4 Å². The smallest absolute Gasteiger partial charge is 0.278 e. The molecule has 4 rings (SSSR count). The van der Waals surface area contributed by atoms with E-state index in [1.807, 2.05) is 12.1 Å². The van der Waals surface area contributed by atoms with Gasteiger partial charge in [0, 0.05) is 36.4 Å². The van der Waals surface area contributed by atoms with Crippen LogP contribution in [0.4, 0.5) is 15.8 Å². The molecule has 2 amide bonds. The highest BCUT2D eigenvalue weighted by Gasteiger charge is 2.19. The van der Waals surface area contributed by atoms with Gasteiger partial charge in [-0.3, -0.25) is 14.0 Å². The minimum absolute atomic E-state index is 0.0933. The fourth-order valence-electron chi connectivity index (χ4n) is 3.18. The number of imidazole rings is 1. The van der Waals surface area contributed by atoms with E-state index in [-0.39, 0.29) is 22.3 Å². The number of nitrogens with one attached hydrogen (secondary N) is 1. The molecule has 9 heteroatoms. The van der Waals surface area contributed by atoms with E-state index in [0.29, 0.717) is 11.3 Å². The number of benzene rings is 2. The molecule has 2 aromatic heterocycles. The molecule has 7 nitrogen and oxygen atoms in total. The Morgan fingerprint density at radius 3 is 2.52 bits per heavy atom. The maximum absolute atomic E-state index is 14.2. The molecule has 0 radical (unpaired) electrons. The topological polar surface area (TPSA) is 79.6 Å². The Hall–Kier alpha value is -3.78. The second-order valence-electron chi connectivity index (χ2n) is 6.86. The molecule has 0 atom stereocenters. The molecular weight excluding hydrogens is 421 g/mol. The van der Waals surface area contributed by atoms with Crippen molar-refractivity contribution < 1.29 is 14.0 Å². The number of anilines is 2. The Kier molecular flexibility index (Phi) is 5.39. The summed E-state index contributed by atoms with van der Waals surface area (Å²) in [6, 6.07) is 11.3. The van der Waals surface area contributed by atoms with Crippen LogP contribution in [0.1, 0.15) is 17.4 Å². The molecule has 2 heterocycles. The number of nitrogens with zero attached hydrogens (tertiary/aromatic N) is 4. The number of aromatic nitrogens is 3. The van der Waals surface area contributed by atoms with Crippen LogP contribution < -0.4 is 10.2 Å². The minimum Gasteiger partial charge on any atom is -0.326 e. The van der Waals surface area contributed by atoms with Gasteiger partial charge in [0.15, 0.2) is 5.65 Å². The summed E-state index contributed by atoms with van der Waals surface area (Å²) in [7, 11) is 1.47. The molecule has 0 saturated heterocycles. The zero-order valence-electron chi connectivity index (χ0n) is 16.6. The number of rotatable bonds is 4. The summed E-state index contributed by atoms with van der Waals surface area (Å²) in [5.74, 6) is -1.24. The predicted molar refractivity (Wildman–Crippen MR) is 117 cm³/mol. The summed E-state index contributed by atoms with van der Waals surface area (Å²) in [5.41, 5.74) is 3.02. The fourth-order valence-corrected chi connectivity index (χ4v) is 3.33. The average Bonchev–Trinajstić information content (AvgIpc) is 3.16. The van der Waals surface area contributed by atoms with Crippen LogP contribution in [0.2, 0.25) is 5.02 Å². The van der Waals surface area contributed by atoms with E-state index >= 15 is 0 Å². The number of amides is 2. The Balaban J connectivity index is 1.68. The Bertz CT molecular complexity index is 1300. The fraction of sp³-hybridized carbons (Fsp3) is 0.0909. The third-order valence-corrected chi connectivity index (χ3v) is 4.93. The second kappa shape index (κ2) is 8.16. The van der Waals surface area contributed by atoms with Crippen LogP contribution in [0.5, 0.6) is 0 Å². The summed E-state index contributed by atoms with van der Waals surface area (Å²) in [5, 5.41) is 2.96. The van der Waals surface area contributed by atoms with Gasteiger partial charge in [0.2, 0.25) is 5.91 Å². The van der Waals surface area contributed by atoms with E-state index in [1.54, 1.807) is 28.9 Å². The van der Waals surface area contributed by atoms with E-state index in [0.717, 1.165) is 17.3 Å². The lowest BCUT2D eigenvalue weighted by atomic mass is 10.1. The van der Waals surface area contributed by atoms with Crippen LogP contribution in [0.15, 0.2) is 61.1 Å². The normalized spacial score (nSPS) is 10.8. The maximum atomic E-state index is 14.2. The van der Waals surface area contributed by atoms with E-state index in [2.05, 4.69) is 15.3 Å². The van der Waals surface area contributed by atoms with Gasteiger partial charge in [-0.1, -0.05) is 23.7 Å². The maximum Gasteiger partial charge on any atom is 0.278 e. The minimum atomic E-state index is -0.605. The number of carbonyl (C=O) groups is 2. The largest absolute Gasteiger partial charge is 0.326 e. The quantitative estimate of drug-likeness (QED) is 0.512. The van der Waals surface area contributed by atoms with Crippen molar-refractivity contribution in [3.8, 4) is 11.3 Å². The lowest BCUT2D eigenvalue weighted by Crippen LogP contribution is -2.28. The standard InChI is InChI=1S/C22H17ClFN5O2/c1-13(30)27-16-6-3-14(4-7-16)20-10-26-21-11-25-18(12-29(20)21)22(31)28(2)19-8-5-15(23)9-17(19)24/h3-12H,1-2H3,(H,27,30). The number of hydrogen-bond acceptors (Lipinski definition) is 4. The highest BCUT2D eigenvalue weighted by Crippen LogP contribution is 2.25. The molecule has 0 aliphatic heterocycles. The number of halogens is 2. The Morgan fingerprint density at radius 1 is 1.10 bits per heavy atom. The van der Waals surface area contributed by atoms with E-state index < -0.39 is 11.7 Å². The molecule has 0 saturated carbocycles. The van der Waals surface area contributed by atoms with Crippen LogP contribution in [0.3, 0.4) is 0 Å². The van der Waals surface area contributed by atoms with Crippen LogP contribution in [-0.4, -0.2) is 33.2 Å². The van der Waals surface area contributed by atoms with Gasteiger partial charge in [-0.05, 0) is 30.3 Å². The van der Waals surface area contributed by atoms with Crippen molar-refractivity contribution in [1.29, 1.82) is 0 Å². The third kappa shape index (κ3) is 4.10. The van der Waals surface area contributed by atoms with Crippen molar-refractivity contribution in [2.45, 2.75) is 6.92 Å². The molecule has 4 aromatic rings. The lowest BCUT2D eigenvalue weighted by molar-refractivity contribution is -0.114. The van der Waals surface area contributed by atoms with Gasteiger partial charge in [0.05, 0.1) is 23.8 Å². The second-order valence-corrected chi connectivity index (χ2v) is 7.30. The van der Waals surface area contributed by atoms with E-state index in [1.165, 1.54) is 37.2 Å². The van der Waals surface area contributed by atoms with Crippen LogP contribution in [0.25, 0.3) is 16.9 Å².